The molecule has 0 spiro atoms. The third-order valence-electron chi connectivity index (χ3n) is 2.34. The summed E-state index contributed by atoms with van der Waals surface area (Å²) < 4.78 is 0. The molecular weight excluding hydrogens is 186 g/mol. The van der Waals surface area contributed by atoms with Gasteiger partial charge >= 0.3 is 0 Å². The molecule has 0 aromatic heterocycles. The third-order valence-corrected chi connectivity index (χ3v) is 2.34. The minimum Gasteiger partial charge on any atom is -0.370 e. The summed E-state index contributed by atoms with van der Waals surface area (Å²) in [6.45, 7) is 6.32. The number of anilines is 1. The molecule has 0 heterocycles. The molecule has 0 bridgehead atoms. The van der Waals surface area contributed by atoms with Crippen LogP contribution in [0.1, 0.15) is 23.7 Å². The first-order valence-corrected chi connectivity index (χ1v) is 5.15. The summed E-state index contributed by atoms with van der Waals surface area (Å²) in [5, 5.41) is 0. The largest absolute Gasteiger partial charge is 0.370 e. The second-order valence-electron chi connectivity index (χ2n) is 3.46. The maximum absolute atomic E-state index is 11.7. The van der Waals surface area contributed by atoms with Crippen LogP contribution in [0.2, 0.25) is 0 Å². The summed E-state index contributed by atoms with van der Waals surface area (Å²) in [4.78, 5) is 13.7. The van der Waals surface area contributed by atoms with Crippen molar-refractivity contribution in [1.29, 1.82) is 0 Å². The van der Waals surface area contributed by atoms with Crippen molar-refractivity contribution >= 4 is 11.5 Å². The zero-order chi connectivity index (χ0) is 11.3. The van der Waals surface area contributed by atoms with Gasteiger partial charge in [0.05, 0.1) is 0 Å². The second kappa shape index (κ2) is 5.35. The first-order chi connectivity index (χ1) is 7.20. The Morgan fingerprint density at radius 3 is 2.73 bits per heavy atom. The molecule has 0 amide bonds. The van der Waals surface area contributed by atoms with Crippen LogP contribution in [0.5, 0.6) is 0 Å². The minimum atomic E-state index is 0.182. The lowest BCUT2D eigenvalue weighted by Gasteiger charge is -2.20. The standard InChI is InChI=1S/C13H17NO/c1-4-10-14(3)12-9-7-6-8-11(12)13(15)5-2/h4,6-9H,1,5,10H2,2-3H3. The fraction of sp³-hybridized carbons (Fsp3) is 0.308. The van der Waals surface area contributed by atoms with Crippen LogP contribution in [-0.4, -0.2) is 19.4 Å². The van der Waals surface area contributed by atoms with Crippen molar-refractivity contribution in [2.75, 3.05) is 18.5 Å². The first kappa shape index (κ1) is 11.5. The summed E-state index contributed by atoms with van der Waals surface area (Å²) >= 11 is 0. The molecule has 1 rings (SSSR count). The zero-order valence-electron chi connectivity index (χ0n) is 9.36. The maximum atomic E-state index is 11.7. The van der Waals surface area contributed by atoms with Crippen LogP contribution in [0.15, 0.2) is 36.9 Å². The SMILES string of the molecule is C=CCN(C)c1ccccc1C(=O)CC. The average Bonchev–Trinajstić information content (AvgIpc) is 2.28. The molecule has 0 aliphatic rings. The van der Waals surface area contributed by atoms with E-state index in [1.54, 1.807) is 0 Å². The van der Waals surface area contributed by atoms with E-state index in [0.717, 1.165) is 17.8 Å². The summed E-state index contributed by atoms with van der Waals surface area (Å²) in [6.07, 6.45) is 2.37. The molecular formula is C13H17NO. The molecule has 0 saturated carbocycles. The van der Waals surface area contributed by atoms with Gasteiger partial charge in [-0.1, -0.05) is 25.1 Å². The minimum absolute atomic E-state index is 0.182. The molecule has 2 heteroatoms. The van der Waals surface area contributed by atoms with E-state index < -0.39 is 0 Å². The fourth-order valence-corrected chi connectivity index (χ4v) is 1.52. The number of benzene rings is 1. The van der Waals surface area contributed by atoms with Crippen LogP contribution < -0.4 is 4.90 Å². The van der Waals surface area contributed by atoms with Crippen molar-refractivity contribution in [2.45, 2.75) is 13.3 Å². The van der Waals surface area contributed by atoms with Gasteiger partial charge in [-0.05, 0) is 12.1 Å². The van der Waals surface area contributed by atoms with Gasteiger partial charge in [-0.3, -0.25) is 4.79 Å². The van der Waals surface area contributed by atoms with E-state index in [4.69, 9.17) is 0 Å². The van der Waals surface area contributed by atoms with Crippen LogP contribution in [0.3, 0.4) is 0 Å². The van der Waals surface area contributed by atoms with Gasteiger partial charge in [0, 0.05) is 31.3 Å². The highest BCUT2D eigenvalue weighted by Crippen LogP contribution is 2.20. The summed E-state index contributed by atoms with van der Waals surface area (Å²) in [5.74, 6) is 0.182. The lowest BCUT2D eigenvalue weighted by atomic mass is 10.1. The molecule has 0 aliphatic heterocycles. The molecule has 0 radical (unpaired) electrons. The number of ketones is 1. The van der Waals surface area contributed by atoms with Crippen LogP contribution >= 0.6 is 0 Å². The summed E-state index contributed by atoms with van der Waals surface area (Å²) in [5.41, 5.74) is 1.77. The normalized spacial score (nSPS) is 9.73. The van der Waals surface area contributed by atoms with Gasteiger partial charge in [-0.25, -0.2) is 0 Å². The van der Waals surface area contributed by atoms with E-state index in [2.05, 4.69) is 6.58 Å². The Hall–Kier alpha value is -1.57. The number of nitrogens with zero attached hydrogens (tertiary/aromatic N) is 1. The highest BCUT2D eigenvalue weighted by Gasteiger charge is 2.10. The van der Waals surface area contributed by atoms with Crippen LogP contribution in [0.25, 0.3) is 0 Å². The molecule has 0 atom stereocenters. The van der Waals surface area contributed by atoms with Crippen molar-refractivity contribution in [3.05, 3.63) is 42.5 Å². The van der Waals surface area contributed by atoms with Crippen molar-refractivity contribution in [2.24, 2.45) is 0 Å². The van der Waals surface area contributed by atoms with Crippen molar-refractivity contribution in [1.82, 2.24) is 0 Å². The number of para-hydroxylation sites is 1. The van der Waals surface area contributed by atoms with Crippen LogP contribution in [0, 0.1) is 0 Å². The topological polar surface area (TPSA) is 20.3 Å². The Morgan fingerprint density at radius 2 is 2.13 bits per heavy atom. The Morgan fingerprint density at radius 1 is 1.47 bits per heavy atom. The summed E-state index contributed by atoms with van der Waals surface area (Å²) in [7, 11) is 1.96. The average molecular weight is 203 g/mol. The molecule has 0 saturated heterocycles. The predicted molar refractivity (Wildman–Crippen MR) is 64.5 cm³/mol. The maximum Gasteiger partial charge on any atom is 0.164 e. The Bertz CT molecular complexity index is 357. The lowest BCUT2D eigenvalue weighted by Crippen LogP contribution is -2.19. The molecule has 0 fully saturated rings. The Balaban J connectivity index is 3.05. The van der Waals surface area contributed by atoms with E-state index in [-0.39, 0.29) is 5.78 Å². The van der Waals surface area contributed by atoms with E-state index in [1.165, 1.54) is 0 Å². The molecule has 80 valence electrons. The van der Waals surface area contributed by atoms with E-state index in [9.17, 15) is 4.79 Å². The predicted octanol–water partition coefficient (Wildman–Crippen LogP) is 2.90. The van der Waals surface area contributed by atoms with Gasteiger partial charge in [0.25, 0.3) is 0 Å². The van der Waals surface area contributed by atoms with Gasteiger partial charge in [-0.15, -0.1) is 6.58 Å². The first-order valence-electron chi connectivity index (χ1n) is 5.15. The van der Waals surface area contributed by atoms with E-state index >= 15 is 0 Å². The number of carbonyl (C=O) groups excluding carboxylic acids is 1. The van der Waals surface area contributed by atoms with E-state index in [1.807, 2.05) is 49.2 Å². The number of Topliss-reactive ketones (excluding diaryl/α,β-unsaturated/α-hetero) is 1. The molecule has 1 aromatic rings. The van der Waals surface area contributed by atoms with Gasteiger partial charge in [0.15, 0.2) is 5.78 Å². The second-order valence-corrected chi connectivity index (χ2v) is 3.46. The molecule has 2 nitrogen and oxygen atoms in total. The van der Waals surface area contributed by atoms with Crippen LogP contribution in [-0.2, 0) is 0 Å². The smallest absolute Gasteiger partial charge is 0.164 e. The Labute approximate surface area is 91.2 Å². The Kier molecular flexibility index (Phi) is 4.10. The van der Waals surface area contributed by atoms with Crippen molar-refractivity contribution in [3.8, 4) is 0 Å². The molecule has 0 unspecified atom stereocenters. The van der Waals surface area contributed by atoms with Crippen molar-refractivity contribution < 1.29 is 4.79 Å². The highest BCUT2D eigenvalue weighted by atomic mass is 16.1. The monoisotopic (exact) mass is 203 g/mol. The molecule has 0 N–H and O–H groups in total. The third kappa shape index (κ3) is 2.69. The number of hydrogen-bond acceptors (Lipinski definition) is 2. The number of carbonyl (C=O) groups is 1. The molecule has 0 aliphatic carbocycles. The van der Waals surface area contributed by atoms with Crippen LogP contribution in [0.4, 0.5) is 5.69 Å². The highest BCUT2D eigenvalue weighted by molar-refractivity contribution is 6.01. The quantitative estimate of drug-likeness (QED) is 0.541. The lowest BCUT2D eigenvalue weighted by molar-refractivity contribution is 0.0988. The van der Waals surface area contributed by atoms with Gasteiger partial charge in [0.2, 0.25) is 0 Å². The zero-order valence-corrected chi connectivity index (χ0v) is 9.36. The van der Waals surface area contributed by atoms with Gasteiger partial charge in [-0.2, -0.15) is 0 Å². The number of likely N-dealkylation sites (N-methyl/N-ethyl adjacent to an activating group) is 1. The van der Waals surface area contributed by atoms with Crippen molar-refractivity contribution in [3.63, 3.8) is 0 Å². The fourth-order valence-electron chi connectivity index (χ4n) is 1.52. The molecule has 15 heavy (non-hydrogen) atoms. The van der Waals surface area contributed by atoms with E-state index in [0.29, 0.717) is 6.42 Å². The number of hydrogen-bond donors (Lipinski definition) is 0. The number of rotatable bonds is 5. The van der Waals surface area contributed by atoms with Gasteiger partial charge in [0.1, 0.15) is 0 Å². The summed E-state index contributed by atoms with van der Waals surface area (Å²) in [6, 6.07) is 7.68. The molecule has 1 aromatic carbocycles. The van der Waals surface area contributed by atoms with Gasteiger partial charge < -0.3 is 4.90 Å².